The van der Waals surface area contributed by atoms with Gasteiger partial charge in [0.15, 0.2) is 0 Å². The number of hydrogen-bond donors (Lipinski definition) is 0. The van der Waals surface area contributed by atoms with Crippen molar-refractivity contribution in [3.8, 4) is 12.1 Å². The lowest BCUT2D eigenvalue weighted by Gasteiger charge is -2.23. The van der Waals surface area contributed by atoms with Crippen molar-refractivity contribution in [2.24, 2.45) is 0 Å². The average Bonchev–Trinajstić information content (AvgIpc) is 1.84. The summed E-state index contributed by atoms with van der Waals surface area (Å²) in [6.07, 6.45) is -6.39. The molecule has 75 valence electrons. The van der Waals surface area contributed by atoms with Crippen LogP contribution in [-0.2, 0) is 5.11 Å². The predicted molar refractivity (Wildman–Crippen MR) is 24.4 cm³/mol. The van der Waals surface area contributed by atoms with Crippen LogP contribution in [0.5, 0.6) is 0 Å². The second-order valence-corrected chi connectivity index (χ2v) is 1.89. The van der Waals surface area contributed by atoms with Crippen molar-refractivity contribution in [3.63, 3.8) is 0 Å². The summed E-state index contributed by atoms with van der Waals surface area (Å²) < 4.78 is 80.9. The van der Waals surface area contributed by atoms with Gasteiger partial charge < -0.3 is 0 Å². The zero-order chi connectivity index (χ0) is 10.9. The summed E-state index contributed by atoms with van der Waals surface area (Å²) in [5.41, 5.74) is 0. The van der Waals surface area contributed by atoms with Crippen molar-refractivity contribution in [1.82, 2.24) is 0 Å². The van der Waals surface area contributed by atoms with Gasteiger partial charge in [-0.1, -0.05) is 0 Å². The first-order valence-corrected chi connectivity index (χ1v) is 2.53. The smallest absolute Gasteiger partial charge is 0.188 e. The molecule has 0 amide bonds. The largest absolute Gasteiger partial charge is 0.452 e. The highest BCUT2D eigenvalue weighted by molar-refractivity contribution is 5.13. The van der Waals surface area contributed by atoms with Gasteiger partial charge in [0.2, 0.25) is 0 Å². The van der Waals surface area contributed by atoms with E-state index in [0.29, 0.717) is 0 Å². The van der Waals surface area contributed by atoms with Crippen molar-refractivity contribution in [2.75, 3.05) is 0 Å². The SMILES string of the molecule is [O]C(F)(F)C(F)(F)C(F)(F)C#CF. The molecule has 0 N–H and O–H groups in total. The van der Waals surface area contributed by atoms with Gasteiger partial charge in [0, 0.05) is 5.92 Å². The molecule has 0 bridgehead atoms. The zero-order valence-corrected chi connectivity index (χ0v) is 5.55. The number of alkyl halides is 6. The normalized spacial score (nSPS) is 13.5. The third-order valence-corrected chi connectivity index (χ3v) is 0.964. The van der Waals surface area contributed by atoms with E-state index >= 15 is 0 Å². The molecule has 0 fully saturated rings. The number of hydrogen-bond acceptors (Lipinski definition) is 0. The van der Waals surface area contributed by atoms with Crippen molar-refractivity contribution >= 4 is 0 Å². The second kappa shape index (κ2) is 3.06. The molecule has 0 unspecified atom stereocenters. The number of rotatable bonds is 2. The van der Waals surface area contributed by atoms with Crippen LogP contribution in [0.4, 0.5) is 30.7 Å². The van der Waals surface area contributed by atoms with E-state index < -0.39 is 18.0 Å². The minimum atomic E-state index is -6.25. The van der Waals surface area contributed by atoms with Crippen LogP contribution in [0.1, 0.15) is 0 Å². The molecule has 8 heteroatoms. The Hall–Kier alpha value is -0.970. The number of halogens is 7. The molecule has 0 aliphatic heterocycles. The lowest BCUT2D eigenvalue weighted by atomic mass is 10.1. The lowest BCUT2D eigenvalue weighted by Crippen LogP contribution is -2.52. The Kier molecular flexibility index (Phi) is 2.84. The van der Waals surface area contributed by atoms with Gasteiger partial charge in [-0.25, -0.2) is 0 Å². The van der Waals surface area contributed by atoms with Crippen LogP contribution in [0.3, 0.4) is 0 Å². The summed E-state index contributed by atoms with van der Waals surface area (Å²) in [5, 5.41) is 9.29. The Labute approximate surface area is 67.2 Å². The van der Waals surface area contributed by atoms with E-state index in [4.69, 9.17) is 0 Å². The van der Waals surface area contributed by atoms with Gasteiger partial charge >= 0.3 is 18.0 Å². The van der Waals surface area contributed by atoms with E-state index in [1.165, 1.54) is 0 Å². The Morgan fingerprint density at radius 1 is 0.923 bits per heavy atom. The fraction of sp³-hybridized carbons (Fsp3) is 0.600. The van der Waals surface area contributed by atoms with Crippen LogP contribution in [0.15, 0.2) is 0 Å². The first kappa shape index (κ1) is 12.0. The molecular formula is C5F7O. The molecule has 0 aliphatic carbocycles. The summed E-state index contributed by atoms with van der Waals surface area (Å²) >= 11 is 0. The van der Waals surface area contributed by atoms with Gasteiger partial charge in [-0.05, 0) is 0 Å². The van der Waals surface area contributed by atoms with Gasteiger partial charge in [0.25, 0.3) is 0 Å². The second-order valence-electron chi connectivity index (χ2n) is 1.89. The highest BCUT2D eigenvalue weighted by atomic mass is 19.3. The van der Waals surface area contributed by atoms with Gasteiger partial charge in [0.05, 0.1) is 0 Å². The van der Waals surface area contributed by atoms with Crippen LogP contribution < -0.4 is 0 Å². The minimum Gasteiger partial charge on any atom is -0.188 e. The van der Waals surface area contributed by atoms with Crippen molar-refractivity contribution < 1.29 is 35.8 Å². The van der Waals surface area contributed by atoms with E-state index in [1.54, 1.807) is 0 Å². The fourth-order valence-corrected chi connectivity index (χ4v) is 0.321. The van der Waals surface area contributed by atoms with Crippen molar-refractivity contribution in [2.45, 2.75) is 18.0 Å². The summed E-state index contributed by atoms with van der Waals surface area (Å²) in [4.78, 5) is 0. The highest BCUT2D eigenvalue weighted by Crippen LogP contribution is 2.44. The lowest BCUT2D eigenvalue weighted by molar-refractivity contribution is -0.393. The molecule has 0 aromatic rings. The van der Waals surface area contributed by atoms with Crippen LogP contribution in [0.25, 0.3) is 0 Å². The Morgan fingerprint density at radius 3 is 1.54 bits per heavy atom. The fourth-order valence-electron chi connectivity index (χ4n) is 0.321. The third-order valence-electron chi connectivity index (χ3n) is 0.964. The van der Waals surface area contributed by atoms with Gasteiger partial charge in [0.1, 0.15) is 6.17 Å². The zero-order valence-electron chi connectivity index (χ0n) is 5.55. The monoisotopic (exact) mass is 209 g/mol. The summed E-state index contributed by atoms with van der Waals surface area (Å²) in [7, 11) is 0. The van der Waals surface area contributed by atoms with Crippen LogP contribution in [0, 0.1) is 12.1 Å². The Bertz CT molecular complexity index is 242. The molecule has 0 atom stereocenters. The Morgan fingerprint density at radius 2 is 1.31 bits per heavy atom. The van der Waals surface area contributed by atoms with Crippen molar-refractivity contribution in [3.05, 3.63) is 0 Å². The van der Waals surface area contributed by atoms with Crippen LogP contribution in [0.2, 0.25) is 0 Å². The molecule has 0 heterocycles. The highest BCUT2D eigenvalue weighted by Gasteiger charge is 2.72. The summed E-state index contributed by atoms with van der Waals surface area (Å²) in [6.45, 7) is 0. The molecule has 1 radical (unpaired) electrons. The van der Waals surface area contributed by atoms with Gasteiger partial charge in [-0.3, -0.25) is 0 Å². The van der Waals surface area contributed by atoms with E-state index in [0.717, 1.165) is 0 Å². The van der Waals surface area contributed by atoms with E-state index in [1.807, 2.05) is 0 Å². The molecule has 0 saturated carbocycles. The molecule has 13 heavy (non-hydrogen) atoms. The minimum absolute atomic E-state index is 0.111. The first-order valence-electron chi connectivity index (χ1n) is 2.53. The molecular weight excluding hydrogens is 209 g/mol. The van der Waals surface area contributed by atoms with Gasteiger partial charge in [-0.2, -0.15) is 31.4 Å². The quantitative estimate of drug-likeness (QED) is 0.490. The van der Waals surface area contributed by atoms with Crippen LogP contribution in [-0.4, -0.2) is 18.0 Å². The van der Waals surface area contributed by atoms with E-state index in [2.05, 4.69) is 0 Å². The third kappa shape index (κ3) is 2.03. The average molecular weight is 209 g/mol. The van der Waals surface area contributed by atoms with Gasteiger partial charge in [-0.15, -0.1) is 4.39 Å². The first-order chi connectivity index (χ1) is 5.56. The Balaban J connectivity index is 5.11. The maximum atomic E-state index is 11.9. The molecule has 0 aromatic heterocycles. The molecule has 0 aliphatic rings. The van der Waals surface area contributed by atoms with E-state index in [-0.39, 0.29) is 12.1 Å². The molecule has 0 aromatic carbocycles. The molecule has 0 spiro atoms. The molecule has 1 nitrogen and oxygen atoms in total. The maximum absolute atomic E-state index is 11.9. The maximum Gasteiger partial charge on any atom is 0.452 e. The standard InChI is InChI=1S/C5F7O/c6-2-1-3(7,8)4(9,10)5(11,12)13. The summed E-state index contributed by atoms with van der Waals surface area (Å²) in [6, 6.07) is 0. The summed E-state index contributed by atoms with van der Waals surface area (Å²) in [5.74, 6) is -12.1. The van der Waals surface area contributed by atoms with Crippen LogP contribution >= 0.6 is 0 Å². The van der Waals surface area contributed by atoms with Crippen molar-refractivity contribution in [1.29, 1.82) is 0 Å². The van der Waals surface area contributed by atoms with E-state index in [9.17, 15) is 35.8 Å². The molecule has 0 saturated heterocycles. The predicted octanol–water partition coefficient (Wildman–Crippen LogP) is 2.21. The topological polar surface area (TPSA) is 19.9 Å². The molecule has 0 rings (SSSR count).